The smallest absolute Gasteiger partial charge is 0.225 e. The van der Waals surface area contributed by atoms with Crippen molar-refractivity contribution < 1.29 is 4.74 Å². The first kappa shape index (κ1) is 24.1. The minimum absolute atomic E-state index is 0. The zero-order valence-corrected chi connectivity index (χ0v) is 20.3. The predicted molar refractivity (Wildman–Crippen MR) is 128 cm³/mol. The number of nitrogens with one attached hydrogen (secondary N) is 1. The summed E-state index contributed by atoms with van der Waals surface area (Å²) in [5, 5.41) is 3.45. The summed E-state index contributed by atoms with van der Waals surface area (Å²) in [4.78, 5) is 20.7. The quantitative estimate of drug-likeness (QED) is 0.349. The lowest BCUT2D eigenvalue weighted by atomic mass is 10.2. The Morgan fingerprint density at radius 1 is 1.21 bits per heavy atom. The molecule has 2 aliphatic heterocycles. The number of aliphatic imine (C=N–C) groups is 1. The number of halogens is 1. The number of hydrogen-bond acceptors (Lipinski definition) is 6. The molecule has 0 radical (unpaired) electrons. The van der Waals surface area contributed by atoms with E-state index in [0.717, 1.165) is 70.9 Å². The van der Waals surface area contributed by atoms with Crippen molar-refractivity contribution in [3.05, 3.63) is 18.5 Å². The van der Waals surface area contributed by atoms with Crippen molar-refractivity contribution >= 4 is 35.9 Å². The van der Waals surface area contributed by atoms with Gasteiger partial charge in [-0.3, -0.25) is 9.89 Å². The third-order valence-corrected chi connectivity index (χ3v) is 5.04. The van der Waals surface area contributed by atoms with Crippen LogP contribution in [-0.4, -0.2) is 97.3 Å². The highest BCUT2D eigenvalue weighted by Crippen LogP contribution is 2.11. The molecule has 0 bridgehead atoms. The number of morpholine rings is 1. The monoisotopic (exact) mass is 517 g/mol. The van der Waals surface area contributed by atoms with Crippen LogP contribution in [0.3, 0.4) is 0 Å². The zero-order valence-electron chi connectivity index (χ0n) is 18.0. The van der Waals surface area contributed by atoms with E-state index in [4.69, 9.17) is 9.73 Å². The molecule has 0 saturated carbocycles. The van der Waals surface area contributed by atoms with Crippen molar-refractivity contribution in [2.75, 3.05) is 70.4 Å². The molecular formula is C20H36IN7O. The summed E-state index contributed by atoms with van der Waals surface area (Å²) in [5.74, 6) is 2.48. The SMILES string of the molecule is CCNC(=NCC1CN(CC(C)C)CCO1)N1CCN(c2ncccn2)CC1.I. The standard InChI is InChI=1S/C20H35N7O.HI/c1-4-21-19(24-14-18-16-25(12-13-28-18)15-17(2)3)26-8-10-27(11-9-26)20-22-6-5-7-23-20;/h5-7,17-18H,4,8-16H2,1-3H3,(H,21,24);1H. The Hall–Kier alpha value is -1.20. The van der Waals surface area contributed by atoms with Gasteiger partial charge in [-0.15, -0.1) is 24.0 Å². The first-order chi connectivity index (χ1) is 13.7. The minimum Gasteiger partial charge on any atom is -0.374 e. The molecule has 1 atom stereocenters. The summed E-state index contributed by atoms with van der Waals surface area (Å²) in [5.41, 5.74) is 0. The highest BCUT2D eigenvalue weighted by Gasteiger charge is 2.23. The zero-order chi connectivity index (χ0) is 19.8. The summed E-state index contributed by atoms with van der Waals surface area (Å²) >= 11 is 0. The second-order valence-corrected chi connectivity index (χ2v) is 7.86. The number of aromatic nitrogens is 2. The van der Waals surface area contributed by atoms with Crippen molar-refractivity contribution in [2.45, 2.75) is 26.9 Å². The summed E-state index contributed by atoms with van der Waals surface area (Å²) in [6, 6.07) is 1.85. The van der Waals surface area contributed by atoms with Crippen LogP contribution in [0.2, 0.25) is 0 Å². The average Bonchev–Trinajstić information content (AvgIpc) is 2.72. The van der Waals surface area contributed by atoms with Gasteiger partial charge >= 0.3 is 0 Å². The molecule has 29 heavy (non-hydrogen) atoms. The van der Waals surface area contributed by atoms with Gasteiger partial charge in [-0.25, -0.2) is 9.97 Å². The van der Waals surface area contributed by atoms with E-state index < -0.39 is 0 Å². The lowest BCUT2D eigenvalue weighted by Gasteiger charge is -2.37. The fourth-order valence-corrected chi connectivity index (χ4v) is 3.76. The minimum atomic E-state index is 0. The molecule has 0 aliphatic carbocycles. The second kappa shape index (κ2) is 12.5. The Morgan fingerprint density at radius 3 is 2.59 bits per heavy atom. The van der Waals surface area contributed by atoms with Crippen LogP contribution in [0, 0.1) is 5.92 Å². The second-order valence-electron chi connectivity index (χ2n) is 7.86. The third kappa shape index (κ3) is 7.53. The molecule has 3 heterocycles. The first-order valence-corrected chi connectivity index (χ1v) is 10.5. The van der Waals surface area contributed by atoms with Crippen LogP contribution in [0.4, 0.5) is 5.95 Å². The molecule has 2 fully saturated rings. The molecule has 3 rings (SSSR count). The highest BCUT2D eigenvalue weighted by molar-refractivity contribution is 14.0. The van der Waals surface area contributed by atoms with Crippen LogP contribution >= 0.6 is 24.0 Å². The van der Waals surface area contributed by atoms with E-state index in [1.807, 2.05) is 6.07 Å². The lowest BCUT2D eigenvalue weighted by molar-refractivity contribution is -0.0262. The van der Waals surface area contributed by atoms with Crippen LogP contribution < -0.4 is 10.2 Å². The van der Waals surface area contributed by atoms with Gasteiger partial charge < -0.3 is 19.9 Å². The molecule has 2 aliphatic rings. The predicted octanol–water partition coefficient (Wildman–Crippen LogP) is 1.54. The van der Waals surface area contributed by atoms with Crippen molar-refractivity contribution in [3.8, 4) is 0 Å². The van der Waals surface area contributed by atoms with Gasteiger partial charge in [-0.05, 0) is 18.9 Å². The van der Waals surface area contributed by atoms with Gasteiger partial charge in [0.25, 0.3) is 0 Å². The Labute approximate surface area is 192 Å². The van der Waals surface area contributed by atoms with Crippen molar-refractivity contribution in [1.82, 2.24) is 25.1 Å². The van der Waals surface area contributed by atoms with Gasteiger partial charge in [-0.1, -0.05) is 13.8 Å². The lowest BCUT2D eigenvalue weighted by Crippen LogP contribution is -2.53. The van der Waals surface area contributed by atoms with Crippen LogP contribution in [0.1, 0.15) is 20.8 Å². The van der Waals surface area contributed by atoms with E-state index in [-0.39, 0.29) is 30.1 Å². The molecule has 0 aromatic carbocycles. The van der Waals surface area contributed by atoms with E-state index >= 15 is 0 Å². The molecule has 1 aromatic rings. The molecule has 9 heteroatoms. The number of ether oxygens (including phenoxy) is 1. The number of guanidine groups is 1. The Balaban J connectivity index is 0.00000300. The topological polar surface area (TPSA) is 69.1 Å². The summed E-state index contributed by atoms with van der Waals surface area (Å²) < 4.78 is 5.96. The Bertz CT molecular complexity index is 608. The maximum Gasteiger partial charge on any atom is 0.225 e. The first-order valence-electron chi connectivity index (χ1n) is 10.5. The van der Waals surface area contributed by atoms with Gasteiger partial charge in [0, 0.05) is 64.8 Å². The van der Waals surface area contributed by atoms with Gasteiger partial charge in [-0.2, -0.15) is 0 Å². The van der Waals surface area contributed by atoms with Crippen molar-refractivity contribution in [3.63, 3.8) is 0 Å². The molecular weight excluding hydrogens is 481 g/mol. The van der Waals surface area contributed by atoms with Gasteiger partial charge in [0.15, 0.2) is 5.96 Å². The molecule has 2 saturated heterocycles. The van der Waals surface area contributed by atoms with E-state index in [1.165, 1.54) is 0 Å². The van der Waals surface area contributed by atoms with E-state index in [1.54, 1.807) is 12.4 Å². The normalized spacial score (nSPS) is 21.2. The van der Waals surface area contributed by atoms with Crippen molar-refractivity contribution in [2.24, 2.45) is 10.9 Å². The van der Waals surface area contributed by atoms with Crippen LogP contribution in [0.15, 0.2) is 23.5 Å². The summed E-state index contributed by atoms with van der Waals surface area (Å²) in [6.45, 7) is 15.8. The molecule has 8 nitrogen and oxygen atoms in total. The van der Waals surface area contributed by atoms with Gasteiger partial charge in [0.05, 0.1) is 19.3 Å². The fraction of sp³-hybridized carbons (Fsp3) is 0.750. The molecule has 1 N–H and O–H groups in total. The van der Waals surface area contributed by atoms with Crippen LogP contribution in [0.25, 0.3) is 0 Å². The largest absolute Gasteiger partial charge is 0.374 e. The fourth-order valence-electron chi connectivity index (χ4n) is 3.76. The number of hydrogen-bond donors (Lipinski definition) is 1. The number of rotatable bonds is 6. The summed E-state index contributed by atoms with van der Waals surface area (Å²) in [6.07, 6.45) is 3.78. The summed E-state index contributed by atoms with van der Waals surface area (Å²) in [7, 11) is 0. The molecule has 1 unspecified atom stereocenters. The maximum absolute atomic E-state index is 5.96. The Kier molecular flexibility index (Phi) is 10.4. The van der Waals surface area contributed by atoms with E-state index in [0.29, 0.717) is 12.5 Å². The number of anilines is 1. The van der Waals surface area contributed by atoms with Gasteiger partial charge in [0.1, 0.15) is 0 Å². The van der Waals surface area contributed by atoms with E-state index in [2.05, 4.69) is 50.8 Å². The van der Waals surface area contributed by atoms with Crippen LogP contribution in [-0.2, 0) is 4.74 Å². The van der Waals surface area contributed by atoms with Crippen LogP contribution in [0.5, 0.6) is 0 Å². The van der Waals surface area contributed by atoms with Crippen molar-refractivity contribution in [1.29, 1.82) is 0 Å². The maximum atomic E-state index is 5.96. The molecule has 164 valence electrons. The number of nitrogens with zero attached hydrogens (tertiary/aromatic N) is 6. The number of piperazine rings is 1. The third-order valence-electron chi connectivity index (χ3n) is 5.04. The van der Waals surface area contributed by atoms with Gasteiger partial charge in [0.2, 0.25) is 5.95 Å². The van der Waals surface area contributed by atoms with E-state index in [9.17, 15) is 0 Å². The molecule has 1 aromatic heterocycles. The molecule has 0 amide bonds. The average molecular weight is 517 g/mol. The highest BCUT2D eigenvalue weighted by atomic mass is 127. The Morgan fingerprint density at radius 2 is 1.93 bits per heavy atom. The molecule has 0 spiro atoms.